The van der Waals surface area contributed by atoms with Crippen LogP contribution in [-0.2, 0) is 16.1 Å². The number of aromatic amines is 1. The van der Waals surface area contributed by atoms with Gasteiger partial charge in [0.15, 0.2) is 0 Å². The van der Waals surface area contributed by atoms with Gasteiger partial charge in [-0.3, -0.25) is 14.8 Å². The average Bonchev–Trinajstić information content (AvgIpc) is 3.00. The monoisotopic (exact) mass is 300 g/mol. The summed E-state index contributed by atoms with van der Waals surface area (Å²) in [6.45, 7) is 3.79. The third-order valence-electron chi connectivity index (χ3n) is 4.80. The summed E-state index contributed by atoms with van der Waals surface area (Å²) in [4.78, 5) is 13.7. The number of carbonyl (C=O) groups excluding carboxylic acids is 1. The summed E-state index contributed by atoms with van der Waals surface area (Å²) < 4.78 is 5.81. The molecule has 1 aromatic heterocycles. The molecule has 2 aromatic rings. The van der Waals surface area contributed by atoms with E-state index in [0.717, 1.165) is 43.4 Å². The first-order chi connectivity index (χ1) is 10.7. The number of carbonyl (C=O) groups is 1. The van der Waals surface area contributed by atoms with Gasteiger partial charge < -0.3 is 10.1 Å². The molecule has 6 heteroatoms. The Labute approximate surface area is 128 Å². The lowest BCUT2D eigenvalue weighted by Gasteiger charge is -2.43. The molecule has 3 heterocycles. The van der Waals surface area contributed by atoms with Crippen LogP contribution in [0.25, 0.3) is 10.9 Å². The number of likely N-dealkylation sites (tertiary alicyclic amines) is 1. The SMILES string of the molecule is O=C1COC2(CCN(Cc3ccc4cn[nH]c4c3)CC2)CN1. The standard InChI is InChI=1S/C16H20N4O2/c21-15-10-22-16(11-17-15)3-5-20(6-4-16)9-12-1-2-13-8-18-19-14(13)7-12/h1-2,7-8H,3-6,9-11H2,(H,17,21)(H,18,19). The number of rotatable bonds is 2. The summed E-state index contributed by atoms with van der Waals surface area (Å²) in [7, 11) is 0. The summed E-state index contributed by atoms with van der Waals surface area (Å²) in [6, 6.07) is 6.45. The van der Waals surface area contributed by atoms with Gasteiger partial charge in [0.1, 0.15) is 6.61 Å². The molecular weight excluding hydrogens is 280 g/mol. The second kappa shape index (κ2) is 5.37. The summed E-state index contributed by atoms with van der Waals surface area (Å²) in [5, 5.41) is 11.2. The molecule has 0 atom stereocenters. The number of piperidine rings is 1. The number of ether oxygens (including phenoxy) is 1. The first-order valence-corrected chi connectivity index (χ1v) is 7.78. The van der Waals surface area contributed by atoms with Crippen molar-refractivity contribution in [3.05, 3.63) is 30.0 Å². The van der Waals surface area contributed by atoms with Gasteiger partial charge in [-0.1, -0.05) is 12.1 Å². The lowest BCUT2D eigenvalue weighted by Crippen LogP contribution is -2.57. The average molecular weight is 300 g/mol. The Morgan fingerprint density at radius 1 is 1.32 bits per heavy atom. The topological polar surface area (TPSA) is 70.2 Å². The van der Waals surface area contributed by atoms with Crippen molar-refractivity contribution in [1.82, 2.24) is 20.4 Å². The van der Waals surface area contributed by atoms with Crippen LogP contribution in [0.3, 0.4) is 0 Å². The molecule has 0 bridgehead atoms. The van der Waals surface area contributed by atoms with Crippen LogP contribution in [0, 0.1) is 0 Å². The van der Waals surface area contributed by atoms with Gasteiger partial charge in [-0.25, -0.2) is 0 Å². The van der Waals surface area contributed by atoms with Gasteiger partial charge in [0, 0.05) is 31.6 Å². The van der Waals surface area contributed by atoms with Crippen molar-refractivity contribution >= 4 is 16.8 Å². The molecule has 0 aliphatic carbocycles. The number of amides is 1. The molecule has 2 aliphatic rings. The van der Waals surface area contributed by atoms with E-state index in [0.29, 0.717) is 6.54 Å². The zero-order chi connectivity index (χ0) is 15.0. The lowest BCUT2D eigenvalue weighted by molar-refractivity contribution is -0.150. The molecule has 22 heavy (non-hydrogen) atoms. The molecule has 4 rings (SSSR count). The Morgan fingerprint density at radius 3 is 2.95 bits per heavy atom. The second-order valence-corrected chi connectivity index (χ2v) is 6.32. The quantitative estimate of drug-likeness (QED) is 0.869. The van der Waals surface area contributed by atoms with Crippen LogP contribution in [0.15, 0.2) is 24.4 Å². The van der Waals surface area contributed by atoms with Gasteiger partial charge >= 0.3 is 0 Å². The van der Waals surface area contributed by atoms with E-state index < -0.39 is 0 Å². The zero-order valence-electron chi connectivity index (χ0n) is 12.5. The number of hydrogen-bond donors (Lipinski definition) is 2. The first kappa shape index (κ1) is 13.7. The fourth-order valence-electron chi connectivity index (χ4n) is 3.36. The maximum atomic E-state index is 11.2. The third kappa shape index (κ3) is 2.60. The van der Waals surface area contributed by atoms with Crippen LogP contribution in [0.1, 0.15) is 18.4 Å². The van der Waals surface area contributed by atoms with Crippen LogP contribution in [0.5, 0.6) is 0 Å². The van der Waals surface area contributed by atoms with E-state index >= 15 is 0 Å². The van der Waals surface area contributed by atoms with Gasteiger partial charge in [0.2, 0.25) is 5.91 Å². The Hall–Kier alpha value is -1.92. The van der Waals surface area contributed by atoms with E-state index in [4.69, 9.17) is 4.74 Å². The van der Waals surface area contributed by atoms with Gasteiger partial charge in [-0.15, -0.1) is 0 Å². The Bertz CT molecular complexity index is 676. The summed E-state index contributed by atoms with van der Waals surface area (Å²) in [6.07, 6.45) is 3.79. The molecule has 0 saturated carbocycles. The zero-order valence-corrected chi connectivity index (χ0v) is 12.5. The van der Waals surface area contributed by atoms with Crippen LogP contribution < -0.4 is 5.32 Å². The minimum atomic E-state index is -0.141. The maximum Gasteiger partial charge on any atom is 0.246 e. The van der Waals surface area contributed by atoms with E-state index in [1.165, 1.54) is 5.56 Å². The summed E-state index contributed by atoms with van der Waals surface area (Å²) in [5.41, 5.74) is 2.24. The predicted octanol–water partition coefficient (Wildman–Crippen LogP) is 1.04. The number of nitrogens with one attached hydrogen (secondary N) is 2. The molecule has 116 valence electrons. The number of aromatic nitrogens is 2. The number of hydrogen-bond acceptors (Lipinski definition) is 4. The van der Waals surface area contributed by atoms with Crippen molar-refractivity contribution in [2.75, 3.05) is 26.2 Å². The fraction of sp³-hybridized carbons (Fsp3) is 0.500. The smallest absolute Gasteiger partial charge is 0.246 e. The lowest BCUT2D eigenvalue weighted by atomic mass is 9.90. The summed E-state index contributed by atoms with van der Waals surface area (Å²) >= 11 is 0. The fourth-order valence-corrected chi connectivity index (χ4v) is 3.36. The highest BCUT2D eigenvalue weighted by Gasteiger charge is 2.38. The van der Waals surface area contributed by atoms with E-state index in [2.05, 4.69) is 38.6 Å². The van der Waals surface area contributed by atoms with Crippen molar-refractivity contribution in [1.29, 1.82) is 0 Å². The Balaban J connectivity index is 1.38. The molecular formula is C16H20N4O2. The van der Waals surface area contributed by atoms with Gasteiger partial charge in [0.05, 0.1) is 17.3 Å². The molecule has 2 saturated heterocycles. The third-order valence-corrected chi connectivity index (χ3v) is 4.80. The number of fused-ring (bicyclic) bond motifs is 1. The molecule has 1 amide bonds. The highest BCUT2D eigenvalue weighted by atomic mass is 16.5. The van der Waals surface area contributed by atoms with Gasteiger partial charge in [-0.05, 0) is 24.5 Å². The Kier molecular flexibility index (Phi) is 3.35. The molecule has 6 nitrogen and oxygen atoms in total. The second-order valence-electron chi connectivity index (χ2n) is 6.32. The number of morpholine rings is 1. The van der Waals surface area contributed by atoms with Crippen LogP contribution in [0.4, 0.5) is 0 Å². The van der Waals surface area contributed by atoms with Crippen molar-refractivity contribution in [2.45, 2.75) is 25.0 Å². The first-order valence-electron chi connectivity index (χ1n) is 7.78. The van der Waals surface area contributed by atoms with E-state index in [1.807, 2.05) is 6.20 Å². The molecule has 2 aliphatic heterocycles. The molecule has 0 unspecified atom stereocenters. The Morgan fingerprint density at radius 2 is 2.18 bits per heavy atom. The van der Waals surface area contributed by atoms with Gasteiger partial charge in [-0.2, -0.15) is 5.10 Å². The van der Waals surface area contributed by atoms with Crippen LogP contribution in [-0.4, -0.2) is 52.8 Å². The molecule has 0 radical (unpaired) electrons. The van der Waals surface area contributed by atoms with E-state index in [1.54, 1.807) is 0 Å². The minimum Gasteiger partial charge on any atom is -0.363 e. The van der Waals surface area contributed by atoms with Crippen LogP contribution >= 0.6 is 0 Å². The van der Waals surface area contributed by atoms with Gasteiger partial charge in [0.25, 0.3) is 0 Å². The highest BCUT2D eigenvalue weighted by molar-refractivity contribution is 5.78. The molecule has 1 spiro atoms. The van der Waals surface area contributed by atoms with E-state index in [-0.39, 0.29) is 18.1 Å². The maximum absolute atomic E-state index is 11.2. The van der Waals surface area contributed by atoms with Crippen molar-refractivity contribution in [2.24, 2.45) is 0 Å². The molecule has 2 fully saturated rings. The highest BCUT2D eigenvalue weighted by Crippen LogP contribution is 2.28. The number of H-pyrrole nitrogens is 1. The normalized spacial score (nSPS) is 22.1. The minimum absolute atomic E-state index is 0.000847. The molecule has 1 aromatic carbocycles. The van der Waals surface area contributed by atoms with Crippen molar-refractivity contribution in [3.8, 4) is 0 Å². The van der Waals surface area contributed by atoms with Crippen LogP contribution in [0.2, 0.25) is 0 Å². The van der Waals surface area contributed by atoms with Crippen molar-refractivity contribution < 1.29 is 9.53 Å². The number of benzene rings is 1. The summed E-state index contributed by atoms with van der Waals surface area (Å²) in [5.74, 6) is 0.000847. The van der Waals surface area contributed by atoms with Crippen molar-refractivity contribution in [3.63, 3.8) is 0 Å². The molecule has 2 N–H and O–H groups in total. The van der Waals surface area contributed by atoms with E-state index in [9.17, 15) is 4.79 Å². The number of nitrogens with zero attached hydrogens (tertiary/aromatic N) is 2. The predicted molar refractivity (Wildman–Crippen MR) is 82.3 cm³/mol. The largest absolute Gasteiger partial charge is 0.363 e.